The van der Waals surface area contributed by atoms with Crippen molar-refractivity contribution in [1.29, 1.82) is 0 Å². The zero-order chi connectivity index (χ0) is 40.3. The van der Waals surface area contributed by atoms with Gasteiger partial charge < -0.3 is 9.30 Å². The summed E-state index contributed by atoms with van der Waals surface area (Å²) in [6.07, 6.45) is 11.3. The van der Waals surface area contributed by atoms with Crippen molar-refractivity contribution < 1.29 is 4.74 Å². The van der Waals surface area contributed by atoms with Crippen LogP contribution in [0, 0.1) is 0 Å². The van der Waals surface area contributed by atoms with E-state index in [1.165, 1.54) is 33.2 Å². The van der Waals surface area contributed by atoms with Crippen LogP contribution in [0.15, 0.2) is 207 Å². The number of aromatic nitrogens is 7. The maximum Gasteiger partial charge on any atom is 0.129 e. The van der Waals surface area contributed by atoms with E-state index in [0.29, 0.717) is 11.5 Å². The van der Waals surface area contributed by atoms with Gasteiger partial charge in [0.25, 0.3) is 0 Å². The van der Waals surface area contributed by atoms with Gasteiger partial charge in [-0.15, -0.1) is 0 Å². The summed E-state index contributed by atoms with van der Waals surface area (Å²) < 4.78 is 12.7. The second-order valence-corrected chi connectivity index (χ2v) is 15.3. The zero-order valence-electron chi connectivity index (χ0n) is 32.7. The van der Waals surface area contributed by atoms with Crippen LogP contribution in [-0.4, -0.2) is 34.1 Å². The molecule has 1 aliphatic rings. The Morgan fingerprint density at radius 1 is 0.426 bits per heavy atom. The number of hydrogen-bond acceptors (Lipinski definition) is 5. The van der Waals surface area contributed by atoms with E-state index in [2.05, 4.69) is 130 Å². The fourth-order valence-corrected chi connectivity index (χ4v) is 9.07. The minimum Gasteiger partial charge on any atom is -0.457 e. The Hall–Kier alpha value is -8.36. The van der Waals surface area contributed by atoms with E-state index in [-0.39, 0.29) is 5.92 Å². The maximum absolute atomic E-state index is 6.51. The van der Waals surface area contributed by atoms with Gasteiger partial charge in [0, 0.05) is 76.0 Å². The summed E-state index contributed by atoms with van der Waals surface area (Å²) in [4.78, 5) is 8.82. The van der Waals surface area contributed by atoms with E-state index < -0.39 is 0 Å². The Bertz CT molecular complexity index is 3310. The predicted molar refractivity (Wildman–Crippen MR) is 241 cm³/mol. The molecule has 1 atom stereocenters. The molecule has 1 aliphatic carbocycles. The molecule has 0 amide bonds. The molecule has 0 saturated heterocycles. The minimum atomic E-state index is 0.170. The fraction of sp³-hybridized carbons (Fsp3) is 0.0189. The van der Waals surface area contributed by atoms with Gasteiger partial charge in [0.1, 0.15) is 11.5 Å². The summed E-state index contributed by atoms with van der Waals surface area (Å²) in [6.45, 7) is 0. The van der Waals surface area contributed by atoms with E-state index in [4.69, 9.17) is 14.9 Å². The van der Waals surface area contributed by atoms with E-state index in [1.807, 2.05) is 101 Å². The Balaban J connectivity index is 0.797. The first-order valence-corrected chi connectivity index (χ1v) is 20.3. The Labute approximate surface area is 351 Å². The van der Waals surface area contributed by atoms with Crippen LogP contribution in [0.3, 0.4) is 0 Å². The van der Waals surface area contributed by atoms with E-state index >= 15 is 0 Å². The van der Waals surface area contributed by atoms with Gasteiger partial charge in [0.05, 0.1) is 46.2 Å². The lowest BCUT2D eigenvalue weighted by molar-refractivity contribution is 0.482. The fourth-order valence-electron chi connectivity index (χ4n) is 9.07. The number of hydrogen-bond donors (Lipinski definition) is 0. The molecular weight excluding hydrogens is 751 g/mol. The third kappa shape index (κ3) is 5.84. The second kappa shape index (κ2) is 14.2. The monoisotopic (exact) mass is 785 g/mol. The molecule has 0 aliphatic heterocycles. The molecular formula is C53H35N7O. The maximum atomic E-state index is 6.51. The highest BCUT2D eigenvalue weighted by Gasteiger charge is 2.29. The Kier molecular flexibility index (Phi) is 8.06. The van der Waals surface area contributed by atoms with Crippen molar-refractivity contribution in [3.8, 4) is 62.2 Å². The van der Waals surface area contributed by atoms with Crippen LogP contribution >= 0.6 is 0 Å². The quantitative estimate of drug-likeness (QED) is 0.153. The van der Waals surface area contributed by atoms with Crippen LogP contribution in [0.4, 0.5) is 0 Å². The van der Waals surface area contributed by atoms with Gasteiger partial charge in [-0.1, -0.05) is 91.0 Å². The van der Waals surface area contributed by atoms with Crippen molar-refractivity contribution in [3.63, 3.8) is 0 Å². The number of benzene rings is 6. The molecule has 0 bridgehead atoms. The average molecular weight is 786 g/mol. The first kappa shape index (κ1) is 34.7. The van der Waals surface area contributed by atoms with Crippen molar-refractivity contribution >= 4 is 21.8 Å². The molecule has 0 spiro atoms. The van der Waals surface area contributed by atoms with Crippen LogP contribution in [0.25, 0.3) is 72.5 Å². The standard InChI is InChI=1S/C53H35N7O/c1-2-13-45-43(11-1)47-33-54-27-23-46(47)53(45)37-17-15-35(16-18-37)49-25-29-56-59(49)39-7-5-9-41(31-39)61-42-10-6-8-40(32-42)60-50(26-30-57-60)36-19-21-38(22-20-36)58-51-14-4-3-12-44(51)48-34-55-28-24-52(48)58/h1-34,53H. The van der Waals surface area contributed by atoms with Gasteiger partial charge >= 0.3 is 0 Å². The molecule has 12 rings (SSSR count). The Morgan fingerprint density at radius 2 is 1.03 bits per heavy atom. The molecule has 1 unspecified atom stereocenters. The van der Waals surface area contributed by atoms with Crippen LogP contribution in [0.5, 0.6) is 11.5 Å². The van der Waals surface area contributed by atoms with Crippen molar-refractivity contribution in [3.05, 3.63) is 224 Å². The molecule has 5 heterocycles. The third-order valence-electron chi connectivity index (χ3n) is 11.8. The minimum absolute atomic E-state index is 0.170. The highest BCUT2D eigenvalue weighted by Crippen LogP contribution is 2.47. The number of pyridine rings is 2. The summed E-state index contributed by atoms with van der Waals surface area (Å²) in [7, 11) is 0. The molecule has 8 heteroatoms. The largest absolute Gasteiger partial charge is 0.457 e. The molecule has 11 aromatic rings. The molecule has 0 fully saturated rings. The van der Waals surface area contributed by atoms with Gasteiger partial charge in [-0.3, -0.25) is 9.97 Å². The highest BCUT2D eigenvalue weighted by molar-refractivity contribution is 6.08. The third-order valence-corrected chi connectivity index (χ3v) is 11.8. The van der Waals surface area contributed by atoms with Crippen molar-refractivity contribution in [2.24, 2.45) is 0 Å². The summed E-state index contributed by atoms with van der Waals surface area (Å²) in [5, 5.41) is 11.8. The Morgan fingerprint density at radius 3 is 1.77 bits per heavy atom. The second-order valence-electron chi connectivity index (χ2n) is 15.3. The topological polar surface area (TPSA) is 75.6 Å². The molecule has 61 heavy (non-hydrogen) atoms. The molecule has 6 aromatic carbocycles. The molecule has 0 saturated carbocycles. The summed E-state index contributed by atoms with van der Waals surface area (Å²) >= 11 is 0. The normalized spacial score (nSPS) is 13.1. The first-order valence-electron chi connectivity index (χ1n) is 20.3. The lowest BCUT2D eigenvalue weighted by Gasteiger charge is -2.15. The van der Waals surface area contributed by atoms with Crippen molar-refractivity contribution in [2.45, 2.75) is 5.92 Å². The number of rotatable bonds is 8. The summed E-state index contributed by atoms with van der Waals surface area (Å²) in [5.74, 6) is 1.58. The smallest absolute Gasteiger partial charge is 0.129 e. The molecule has 288 valence electrons. The van der Waals surface area contributed by atoms with Gasteiger partial charge in [0.15, 0.2) is 0 Å². The van der Waals surface area contributed by atoms with Crippen LogP contribution in [-0.2, 0) is 0 Å². The van der Waals surface area contributed by atoms with E-state index in [0.717, 1.165) is 56.0 Å². The van der Waals surface area contributed by atoms with E-state index in [9.17, 15) is 0 Å². The summed E-state index contributed by atoms with van der Waals surface area (Å²) in [5.41, 5.74) is 15.6. The number of ether oxygens (including phenoxy) is 1. The molecule has 8 nitrogen and oxygen atoms in total. The lowest BCUT2D eigenvalue weighted by Crippen LogP contribution is -2.01. The molecule has 0 radical (unpaired) electrons. The van der Waals surface area contributed by atoms with Gasteiger partial charge in [-0.2, -0.15) is 10.2 Å². The van der Waals surface area contributed by atoms with Crippen LogP contribution < -0.4 is 4.74 Å². The van der Waals surface area contributed by atoms with Crippen molar-refractivity contribution in [2.75, 3.05) is 0 Å². The van der Waals surface area contributed by atoms with Crippen LogP contribution in [0.2, 0.25) is 0 Å². The highest BCUT2D eigenvalue weighted by atomic mass is 16.5. The lowest BCUT2D eigenvalue weighted by atomic mass is 9.89. The summed E-state index contributed by atoms with van der Waals surface area (Å²) in [6, 6.07) is 59.0. The SMILES string of the molecule is c1cc(Oc2cccc(-n3nccc3-c3ccc(-n4c5ccccc5c5cnccc54)cc3)c2)cc(-n2nccc2-c2ccc(C3c4ccccc4-c4cnccc43)cc2)c1. The zero-order valence-corrected chi connectivity index (χ0v) is 32.7. The van der Waals surface area contributed by atoms with Crippen molar-refractivity contribution in [1.82, 2.24) is 34.1 Å². The number of fused-ring (bicyclic) bond motifs is 6. The van der Waals surface area contributed by atoms with Crippen LogP contribution in [0.1, 0.15) is 22.6 Å². The molecule has 0 N–H and O–H groups in total. The number of nitrogens with zero attached hydrogens (tertiary/aromatic N) is 7. The molecule has 5 aromatic heterocycles. The van der Waals surface area contributed by atoms with Gasteiger partial charge in [-0.05, 0) is 89.0 Å². The number of para-hydroxylation sites is 1. The first-order chi connectivity index (χ1) is 30.2. The predicted octanol–water partition coefficient (Wildman–Crippen LogP) is 12.2. The average Bonchev–Trinajstić information content (AvgIpc) is 4.14. The van der Waals surface area contributed by atoms with Gasteiger partial charge in [-0.25, -0.2) is 9.36 Å². The van der Waals surface area contributed by atoms with Gasteiger partial charge in [0.2, 0.25) is 0 Å². The van der Waals surface area contributed by atoms with E-state index in [1.54, 1.807) is 0 Å².